The van der Waals surface area contributed by atoms with Crippen molar-refractivity contribution in [1.82, 2.24) is 4.57 Å². The minimum Gasteiger partial charge on any atom is -0.371 e. The molecule has 3 heteroatoms. The van der Waals surface area contributed by atoms with Gasteiger partial charge in [-0.05, 0) is 17.5 Å². The summed E-state index contributed by atoms with van der Waals surface area (Å²) in [7, 11) is 0. The fourth-order valence-electron chi connectivity index (χ4n) is 2.38. The van der Waals surface area contributed by atoms with Gasteiger partial charge in [0.05, 0.1) is 13.2 Å². The Bertz CT molecular complexity index is 583. The molecule has 2 heterocycles. The molecular weight excluding hydrogens is 226 g/mol. The van der Waals surface area contributed by atoms with Crippen LogP contribution in [0.3, 0.4) is 0 Å². The maximum Gasteiger partial charge on any atom is 0.181 e. The third-order valence-electron chi connectivity index (χ3n) is 3.33. The van der Waals surface area contributed by atoms with E-state index in [2.05, 4.69) is 18.2 Å². The second-order valence-corrected chi connectivity index (χ2v) is 4.54. The molecule has 2 aromatic rings. The highest BCUT2D eigenvalue weighted by Crippen LogP contribution is 2.27. The molecule has 1 aromatic heterocycles. The molecule has 1 aliphatic heterocycles. The zero-order valence-electron chi connectivity index (χ0n) is 10.1. The van der Waals surface area contributed by atoms with E-state index < -0.39 is 0 Å². The molecule has 1 unspecified atom stereocenters. The van der Waals surface area contributed by atoms with Crippen LogP contribution in [0, 0.1) is 0 Å². The van der Waals surface area contributed by atoms with Crippen LogP contribution in [0.5, 0.6) is 0 Å². The van der Waals surface area contributed by atoms with E-state index in [-0.39, 0.29) is 11.5 Å². The molecule has 0 saturated heterocycles. The van der Waals surface area contributed by atoms with E-state index in [0.29, 0.717) is 0 Å². The van der Waals surface area contributed by atoms with E-state index in [1.165, 1.54) is 11.1 Å². The Hall–Kier alpha value is -1.87. The van der Waals surface area contributed by atoms with Crippen molar-refractivity contribution >= 4 is 0 Å². The monoisotopic (exact) mass is 241 g/mol. The molecular formula is C15H15NO2. The lowest BCUT2D eigenvalue weighted by molar-refractivity contribution is 0.0305. The zero-order valence-corrected chi connectivity index (χ0v) is 10.1. The summed E-state index contributed by atoms with van der Waals surface area (Å²) in [5.74, 6) is 0. The van der Waals surface area contributed by atoms with Crippen LogP contribution < -0.4 is 5.43 Å². The van der Waals surface area contributed by atoms with E-state index in [9.17, 15) is 4.79 Å². The number of hydrogen-bond donors (Lipinski definition) is 0. The summed E-state index contributed by atoms with van der Waals surface area (Å²) in [5.41, 5.74) is 2.67. The summed E-state index contributed by atoms with van der Waals surface area (Å²) >= 11 is 0. The topological polar surface area (TPSA) is 31.2 Å². The van der Waals surface area contributed by atoms with Gasteiger partial charge in [0.1, 0.15) is 6.10 Å². The number of rotatable bonds is 2. The Morgan fingerprint density at radius 1 is 1.17 bits per heavy atom. The van der Waals surface area contributed by atoms with Crippen molar-refractivity contribution in [2.75, 3.05) is 6.61 Å². The first-order chi connectivity index (χ1) is 8.83. The first-order valence-corrected chi connectivity index (χ1v) is 6.18. The van der Waals surface area contributed by atoms with Crippen LogP contribution in [0.4, 0.5) is 0 Å². The summed E-state index contributed by atoms with van der Waals surface area (Å²) in [6.07, 6.45) is 4.68. The second kappa shape index (κ2) is 4.78. The molecule has 0 N–H and O–H groups in total. The molecule has 0 fully saturated rings. The van der Waals surface area contributed by atoms with Crippen molar-refractivity contribution in [3.8, 4) is 0 Å². The van der Waals surface area contributed by atoms with Crippen molar-refractivity contribution in [3.63, 3.8) is 0 Å². The highest BCUT2D eigenvalue weighted by atomic mass is 16.5. The van der Waals surface area contributed by atoms with E-state index in [4.69, 9.17) is 4.74 Å². The molecule has 92 valence electrons. The molecule has 1 aromatic carbocycles. The van der Waals surface area contributed by atoms with Gasteiger partial charge in [-0.3, -0.25) is 4.79 Å². The Balaban J connectivity index is 1.86. The largest absolute Gasteiger partial charge is 0.371 e. The zero-order chi connectivity index (χ0) is 12.4. The van der Waals surface area contributed by atoms with Crippen LogP contribution in [-0.2, 0) is 17.7 Å². The molecule has 0 saturated carbocycles. The second-order valence-electron chi connectivity index (χ2n) is 4.54. The predicted octanol–water partition coefficient (Wildman–Crippen LogP) is 2.16. The molecule has 0 amide bonds. The van der Waals surface area contributed by atoms with E-state index >= 15 is 0 Å². The smallest absolute Gasteiger partial charge is 0.181 e. The van der Waals surface area contributed by atoms with Gasteiger partial charge in [-0.25, -0.2) is 0 Å². The number of ether oxygens (including phenoxy) is 1. The number of aromatic nitrogens is 1. The summed E-state index contributed by atoms with van der Waals surface area (Å²) < 4.78 is 7.83. The van der Waals surface area contributed by atoms with Crippen molar-refractivity contribution in [2.45, 2.75) is 19.1 Å². The average molecular weight is 241 g/mol. The van der Waals surface area contributed by atoms with Gasteiger partial charge in [-0.1, -0.05) is 24.3 Å². The number of hydrogen-bond acceptors (Lipinski definition) is 2. The van der Waals surface area contributed by atoms with E-state index in [1.54, 1.807) is 12.1 Å². The van der Waals surface area contributed by atoms with E-state index in [0.717, 1.165) is 19.6 Å². The SMILES string of the molecule is O=c1ccn(CC2OCCc3ccccc32)cc1. The molecule has 1 atom stereocenters. The van der Waals surface area contributed by atoms with Crippen LogP contribution in [0.15, 0.2) is 53.6 Å². The number of nitrogens with zero attached hydrogens (tertiary/aromatic N) is 1. The lowest BCUT2D eigenvalue weighted by Crippen LogP contribution is -2.20. The first kappa shape index (κ1) is 11.2. The molecule has 3 nitrogen and oxygen atoms in total. The molecule has 3 rings (SSSR count). The third-order valence-corrected chi connectivity index (χ3v) is 3.33. The fourth-order valence-corrected chi connectivity index (χ4v) is 2.38. The molecule has 0 bridgehead atoms. The van der Waals surface area contributed by atoms with Crippen LogP contribution in [0.2, 0.25) is 0 Å². The summed E-state index contributed by atoms with van der Waals surface area (Å²) in [6.45, 7) is 1.51. The van der Waals surface area contributed by atoms with Crippen LogP contribution in [-0.4, -0.2) is 11.2 Å². The van der Waals surface area contributed by atoms with Gasteiger partial charge in [-0.2, -0.15) is 0 Å². The molecule has 0 aliphatic carbocycles. The van der Waals surface area contributed by atoms with Crippen LogP contribution in [0.1, 0.15) is 17.2 Å². The number of fused-ring (bicyclic) bond motifs is 1. The van der Waals surface area contributed by atoms with Gasteiger partial charge in [0.2, 0.25) is 0 Å². The lowest BCUT2D eigenvalue weighted by atomic mass is 9.97. The Kier molecular flexibility index (Phi) is 2.99. The maximum atomic E-state index is 11.1. The normalized spacial score (nSPS) is 18.3. The van der Waals surface area contributed by atoms with Crippen LogP contribution in [0.25, 0.3) is 0 Å². The van der Waals surface area contributed by atoms with Crippen molar-refractivity contribution in [2.24, 2.45) is 0 Å². The van der Waals surface area contributed by atoms with Crippen molar-refractivity contribution in [3.05, 3.63) is 70.1 Å². The van der Waals surface area contributed by atoms with Gasteiger partial charge >= 0.3 is 0 Å². The van der Waals surface area contributed by atoms with Gasteiger partial charge in [-0.15, -0.1) is 0 Å². The Morgan fingerprint density at radius 2 is 1.94 bits per heavy atom. The summed E-state index contributed by atoms with van der Waals surface area (Å²) in [6, 6.07) is 11.6. The van der Waals surface area contributed by atoms with Gasteiger partial charge < -0.3 is 9.30 Å². The summed E-state index contributed by atoms with van der Waals surface area (Å²) in [4.78, 5) is 11.1. The van der Waals surface area contributed by atoms with Gasteiger partial charge in [0, 0.05) is 24.5 Å². The number of benzene rings is 1. The molecule has 0 spiro atoms. The Morgan fingerprint density at radius 3 is 2.78 bits per heavy atom. The van der Waals surface area contributed by atoms with Gasteiger partial charge in [0.25, 0.3) is 0 Å². The summed E-state index contributed by atoms with van der Waals surface area (Å²) in [5, 5.41) is 0. The van der Waals surface area contributed by atoms with Crippen molar-refractivity contribution in [1.29, 1.82) is 0 Å². The lowest BCUT2D eigenvalue weighted by Gasteiger charge is -2.26. The average Bonchev–Trinajstić information content (AvgIpc) is 2.42. The third kappa shape index (κ3) is 2.22. The standard InChI is InChI=1S/C15H15NO2/c17-13-5-8-16(9-6-13)11-15-14-4-2-1-3-12(14)7-10-18-15/h1-6,8-9,15H,7,10-11H2. The predicted molar refractivity (Wildman–Crippen MR) is 69.5 cm³/mol. The quantitative estimate of drug-likeness (QED) is 0.806. The first-order valence-electron chi connectivity index (χ1n) is 6.18. The molecule has 1 aliphatic rings. The fraction of sp³-hybridized carbons (Fsp3) is 0.267. The maximum absolute atomic E-state index is 11.1. The number of pyridine rings is 1. The van der Waals surface area contributed by atoms with Crippen LogP contribution >= 0.6 is 0 Å². The minimum atomic E-state index is 0.0382. The highest BCUT2D eigenvalue weighted by molar-refractivity contribution is 5.30. The van der Waals surface area contributed by atoms with Crippen molar-refractivity contribution < 1.29 is 4.74 Å². The molecule has 18 heavy (non-hydrogen) atoms. The molecule has 0 radical (unpaired) electrons. The van der Waals surface area contributed by atoms with Gasteiger partial charge in [0.15, 0.2) is 5.43 Å². The Labute approximate surface area is 106 Å². The highest BCUT2D eigenvalue weighted by Gasteiger charge is 2.20. The minimum absolute atomic E-state index is 0.0382. The van der Waals surface area contributed by atoms with E-state index in [1.807, 2.05) is 23.0 Å².